The highest BCUT2D eigenvalue weighted by Crippen LogP contribution is 2.23. The summed E-state index contributed by atoms with van der Waals surface area (Å²) in [4.78, 5) is 0. The van der Waals surface area contributed by atoms with Crippen LogP contribution in [0.3, 0.4) is 0 Å². The number of ether oxygens (including phenoxy) is 1. The number of rotatable bonds is 4. The first-order chi connectivity index (χ1) is 8.13. The third-order valence-corrected chi connectivity index (χ3v) is 3.13. The molecular formula is C15H21NO. The maximum absolute atomic E-state index is 5.72. The van der Waals surface area contributed by atoms with E-state index in [-0.39, 0.29) is 6.10 Å². The summed E-state index contributed by atoms with van der Waals surface area (Å²) in [5.74, 6) is 0. The molecule has 0 saturated heterocycles. The van der Waals surface area contributed by atoms with Gasteiger partial charge in [-0.05, 0) is 45.4 Å². The molecule has 0 fully saturated rings. The van der Waals surface area contributed by atoms with Gasteiger partial charge in [0.15, 0.2) is 0 Å². The molecule has 0 atom stereocenters. The summed E-state index contributed by atoms with van der Waals surface area (Å²) in [5.41, 5.74) is 3.92. The predicted octanol–water partition coefficient (Wildman–Crippen LogP) is 3.89. The van der Waals surface area contributed by atoms with Crippen LogP contribution in [0.2, 0.25) is 0 Å². The molecule has 0 aliphatic heterocycles. The molecule has 2 heteroatoms. The first kappa shape index (κ1) is 12.2. The van der Waals surface area contributed by atoms with E-state index in [1.807, 2.05) is 0 Å². The third-order valence-electron chi connectivity index (χ3n) is 3.13. The van der Waals surface area contributed by atoms with Crippen LogP contribution in [0, 0.1) is 6.92 Å². The second kappa shape index (κ2) is 4.92. The first-order valence-electron chi connectivity index (χ1n) is 6.32. The molecule has 0 radical (unpaired) electrons. The number of fused-ring (bicyclic) bond motifs is 1. The molecule has 0 spiro atoms. The van der Waals surface area contributed by atoms with Gasteiger partial charge in [-0.25, -0.2) is 0 Å². The molecule has 0 aliphatic rings. The lowest BCUT2D eigenvalue weighted by Crippen LogP contribution is -2.07. The van der Waals surface area contributed by atoms with Crippen molar-refractivity contribution in [1.82, 2.24) is 4.57 Å². The molecule has 0 saturated carbocycles. The molecule has 1 heterocycles. The third kappa shape index (κ3) is 2.37. The Kier molecular flexibility index (Phi) is 3.53. The predicted molar refractivity (Wildman–Crippen MR) is 72.3 cm³/mol. The number of hydrogen-bond acceptors (Lipinski definition) is 1. The zero-order valence-corrected chi connectivity index (χ0v) is 11.2. The Labute approximate surface area is 103 Å². The van der Waals surface area contributed by atoms with Crippen LogP contribution in [0.25, 0.3) is 10.9 Å². The molecule has 17 heavy (non-hydrogen) atoms. The van der Waals surface area contributed by atoms with Gasteiger partial charge in [-0.2, -0.15) is 0 Å². The van der Waals surface area contributed by atoms with Crippen molar-refractivity contribution in [2.75, 3.05) is 0 Å². The fourth-order valence-corrected chi connectivity index (χ4v) is 2.23. The molecule has 2 rings (SSSR count). The van der Waals surface area contributed by atoms with Crippen molar-refractivity contribution in [3.8, 4) is 0 Å². The molecule has 0 aliphatic carbocycles. The van der Waals surface area contributed by atoms with Crippen LogP contribution in [0.4, 0.5) is 0 Å². The van der Waals surface area contributed by atoms with Crippen molar-refractivity contribution >= 4 is 10.9 Å². The molecule has 0 N–H and O–H groups in total. The van der Waals surface area contributed by atoms with E-state index in [1.165, 1.54) is 22.2 Å². The first-order valence-corrected chi connectivity index (χ1v) is 6.32. The average molecular weight is 231 g/mol. The average Bonchev–Trinajstić information content (AvgIpc) is 2.65. The van der Waals surface area contributed by atoms with Crippen molar-refractivity contribution in [3.05, 3.63) is 35.5 Å². The molecule has 92 valence electrons. The monoisotopic (exact) mass is 231 g/mol. The Morgan fingerprint density at radius 2 is 2.06 bits per heavy atom. The quantitative estimate of drug-likeness (QED) is 0.778. The van der Waals surface area contributed by atoms with Gasteiger partial charge in [0.25, 0.3) is 0 Å². The standard InChI is InChI=1S/C15H21NO/c1-5-16-13(10-17-11(2)3)9-14-12(4)7-6-8-15(14)16/h6-9,11H,5,10H2,1-4H3. The molecule has 1 aromatic carbocycles. The minimum atomic E-state index is 0.277. The van der Waals surface area contributed by atoms with Gasteiger partial charge in [-0.1, -0.05) is 12.1 Å². The van der Waals surface area contributed by atoms with E-state index < -0.39 is 0 Å². The maximum atomic E-state index is 5.72. The van der Waals surface area contributed by atoms with E-state index in [1.54, 1.807) is 0 Å². The van der Waals surface area contributed by atoms with Gasteiger partial charge in [0.05, 0.1) is 12.7 Å². The SMILES string of the molecule is CCn1c(COC(C)C)cc2c(C)cccc21. The molecule has 0 bridgehead atoms. The van der Waals surface area contributed by atoms with Crippen molar-refractivity contribution in [2.45, 2.75) is 47.0 Å². The van der Waals surface area contributed by atoms with Crippen LogP contribution in [-0.4, -0.2) is 10.7 Å². The zero-order chi connectivity index (χ0) is 12.4. The van der Waals surface area contributed by atoms with Crippen LogP contribution >= 0.6 is 0 Å². The summed E-state index contributed by atoms with van der Waals surface area (Å²) in [6.07, 6.45) is 0.277. The normalized spacial score (nSPS) is 11.6. The number of nitrogens with zero attached hydrogens (tertiary/aromatic N) is 1. The van der Waals surface area contributed by atoms with E-state index in [0.29, 0.717) is 6.61 Å². The Balaban J connectivity index is 2.44. The highest BCUT2D eigenvalue weighted by atomic mass is 16.5. The lowest BCUT2D eigenvalue weighted by atomic mass is 10.1. The van der Waals surface area contributed by atoms with E-state index in [4.69, 9.17) is 4.74 Å². The van der Waals surface area contributed by atoms with Gasteiger partial charge >= 0.3 is 0 Å². The lowest BCUT2D eigenvalue weighted by molar-refractivity contribution is 0.0620. The van der Waals surface area contributed by atoms with Gasteiger partial charge in [0.1, 0.15) is 0 Å². The van der Waals surface area contributed by atoms with Crippen molar-refractivity contribution < 1.29 is 4.74 Å². The highest BCUT2D eigenvalue weighted by Gasteiger charge is 2.09. The van der Waals surface area contributed by atoms with Crippen molar-refractivity contribution in [3.63, 3.8) is 0 Å². The van der Waals surface area contributed by atoms with Crippen molar-refractivity contribution in [2.24, 2.45) is 0 Å². The number of hydrogen-bond donors (Lipinski definition) is 0. The van der Waals surface area contributed by atoms with E-state index >= 15 is 0 Å². The summed E-state index contributed by atoms with van der Waals surface area (Å²) < 4.78 is 8.06. The van der Waals surface area contributed by atoms with Crippen LogP contribution in [0.15, 0.2) is 24.3 Å². The minimum Gasteiger partial charge on any atom is -0.373 e. The summed E-state index contributed by atoms with van der Waals surface area (Å²) in [6, 6.07) is 8.73. The second-order valence-corrected chi connectivity index (χ2v) is 4.75. The fraction of sp³-hybridized carbons (Fsp3) is 0.467. The van der Waals surface area contributed by atoms with Gasteiger partial charge in [-0.15, -0.1) is 0 Å². The molecule has 0 unspecified atom stereocenters. The lowest BCUT2D eigenvalue weighted by Gasteiger charge is -2.10. The van der Waals surface area contributed by atoms with Gasteiger partial charge in [0.2, 0.25) is 0 Å². The molecule has 0 amide bonds. The van der Waals surface area contributed by atoms with Gasteiger partial charge in [-0.3, -0.25) is 0 Å². The van der Waals surface area contributed by atoms with Gasteiger partial charge in [0, 0.05) is 23.1 Å². The smallest absolute Gasteiger partial charge is 0.0871 e. The van der Waals surface area contributed by atoms with Crippen molar-refractivity contribution in [1.29, 1.82) is 0 Å². The summed E-state index contributed by atoms with van der Waals surface area (Å²) in [5, 5.41) is 1.34. The maximum Gasteiger partial charge on any atom is 0.0871 e. The fourth-order valence-electron chi connectivity index (χ4n) is 2.23. The highest BCUT2D eigenvalue weighted by molar-refractivity contribution is 5.84. The number of aryl methyl sites for hydroxylation is 2. The van der Waals surface area contributed by atoms with Crippen LogP contribution < -0.4 is 0 Å². The molecular weight excluding hydrogens is 210 g/mol. The Morgan fingerprint density at radius 3 is 2.71 bits per heavy atom. The summed E-state index contributed by atoms with van der Waals surface area (Å²) in [6.45, 7) is 10.2. The van der Waals surface area contributed by atoms with Crippen LogP contribution in [-0.2, 0) is 17.9 Å². The molecule has 2 nitrogen and oxygen atoms in total. The minimum absolute atomic E-state index is 0.277. The summed E-state index contributed by atoms with van der Waals surface area (Å²) >= 11 is 0. The molecule has 2 aromatic rings. The largest absolute Gasteiger partial charge is 0.373 e. The van der Waals surface area contributed by atoms with Crippen LogP contribution in [0.5, 0.6) is 0 Å². The number of benzene rings is 1. The summed E-state index contributed by atoms with van der Waals surface area (Å²) in [7, 11) is 0. The van der Waals surface area contributed by atoms with E-state index in [9.17, 15) is 0 Å². The number of aromatic nitrogens is 1. The van der Waals surface area contributed by atoms with Crippen LogP contribution in [0.1, 0.15) is 32.0 Å². The molecule has 1 aromatic heterocycles. The second-order valence-electron chi connectivity index (χ2n) is 4.75. The van der Waals surface area contributed by atoms with Gasteiger partial charge < -0.3 is 9.30 Å². The Hall–Kier alpha value is -1.28. The van der Waals surface area contributed by atoms with E-state index in [2.05, 4.69) is 56.5 Å². The topological polar surface area (TPSA) is 14.2 Å². The Bertz CT molecular complexity index is 511. The zero-order valence-electron chi connectivity index (χ0n) is 11.2. The Morgan fingerprint density at radius 1 is 1.29 bits per heavy atom. The van der Waals surface area contributed by atoms with E-state index in [0.717, 1.165) is 6.54 Å².